The average Bonchev–Trinajstić information content (AvgIpc) is 2.40. The van der Waals surface area contributed by atoms with Gasteiger partial charge < -0.3 is 19.5 Å². The summed E-state index contributed by atoms with van der Waals surface area (Å²) in [6.45, 7) is 2.82. The number of rotatable bonds is 10. The first kappa shape index (κ1) is 15.8. The van der Waals surface area contributed by atoms with E-state index in [-0.39, 0.29) is 5.69 Å². The highest BCUT2D eigenvalue weighted by Gasteiger charge is 2.02. The molecule has 1 rings (SSSR count). The molecule has 0 saturated carbocycles. The Labute approximate surface area is 111 Å². The highest BCUT2D eigenvalue weighted by atomic mass is 19.1. The summed E-state index contributed by atoms with van der Waals surface area (Å²) in [4.78, 5) is 0. The van der Waals surface area contributed by atoms with Crippen molar-refractivity contribution >= 4 is 5.69 Å². The molecule has 0 heterocycles. The van der Waals surface area contributed by atoms with E-state index < -0.39 is 11.6 Å². The van der Waals surface area contributed by atoms with Gasteiger partial charge in [-0.3, -0.25) is 0 Å². The van der Waals surface area contributed by atoms with E-state index in [2.05, 4.69) is 5.32 Å². The smallest absolute Gasteiger partial charge is 0.146 e. The molecule has 1 aromatic carbocycles. The van der Waals surface area contributed by atoms with Crippen LogP contribution in [0.15, 0.2) is 18.2 Å². The van der Waals surface area contributed by atoms with E-state index in [0.717, 1.165) is 18.2 Å². The average molecular weight is 275 g/mol. The number of methoxy groups -OCH3 is 1. The molecule has 4 nitrogen and oxygen atoms in total. The fourth-order valence-electron chi connectivity index (χ4n) is 1.36. The predicted molar refractivity (Wildman–Crippen MR) is 68.4 cm³/mol. The first-order valence-electron chi connectivity index (χ1n) is 6.07. The van der Waals surface area contributed by atoms with Gasteiger partial charge in [0, 0.05) is 13.7 Å². The predicted octanol–water partition coefficient (Wildman–Crippen LogP) is 2.06. The van der Waals surface area contributed by atoms with Crippen LogP contribution >= 0.6 is 0 Å². The first-order chi connectivity index (χ1) is 9.24. The summed E-state index contributed by atoms with van der Waals surface area (Å²) in [5, 5.41) is 2.76. The van der Waals surface area contributed by atoms with Gasteiger partial charge in [0.25, 0.3) is 0 Å². The molecule has 0 aliphatic heterocycles. The molecule has 0 aromatic heterocycles. The lowest BCUT2D eigenvalue weighted by atomic mass is 10.3. The molecule has 108 valence electrons. The molecule has 0 aliphatic rings. The minimum absolute atomic E-state index is 0.139. The Balaban J connectivity index is 2.03. The van der Waals surface area contributed by atoms with Crippen molar-refractivity contribution in [2.75, 3.05) is 52.0 Å². The van der Waals surface area contributed by atoms with Crippen molar-refractivity contribution in [3.05, 3.63) is 29.8 Å². The van der Waals surface area contributed by atoms with Gasteiger partial charge in [-0.1, -0.05) is 0 Å². The summed E-state index contributed by atoms with van der Waals surface area (Å²) in [5.74, 6) is -0.958. The molecular weight excluding hydrogens is 256 g/mol. The molecule has 0 unspecified atom stereocenters. The van der Waals surface area contributed by atoms with E-state index in [1.165, 1.54) is 0 Å². The maximum atomic E-state index is 13.2. The third-order valence-corrected chi connectivity index (χ3v) is 2.29. The molecule has 0 radical (unpaired) electrons. The number of benzene rings is 1. The zero-order chi connectivity index (χ0) is 13.9. The van der Waals surface area contributed by atoms with Crippen LogP contribution in [0.4, 0.5) is 14.5 Å². The van der Waals surface area contributed by atoms with Crippen molar-refractivity contribution in [3.63, 3.8) is 0 Å². The third-order valence-electron chi connectivity index (χ3n) is 2.29. The quantitative estimate of drug-likeness (QED) is 0.663. The van der Waals surface area contributed by atoms with Crippen LogP contribution in [-0.4, -0.2) is 46.7 Å². The lowest BCUT2D eigenvalue weighted by molar-refractivity contribution is 0.0272. The van der Waals surface area contributed by atoms with Gasteiger partial charge in [-0.15, -0.1) is 0 Å². The molecule has 0 bridgehead atoms. The van der Waals surface area contributed by atoms with Gasteiger partial charge >= 0.3 is 0 Å². The van der Waals surface area contributed by atoms with Crippen molar-refractivity contribution in [2.45, 2.75) is 0 Å². The van der Waals surface area contributed by atoms with Crippen LogP contribution in [0.25, 0.3) is 0 Å². The Morgan fingerprint density at radius 1 is 1.00 bits per heavy atom. The molecule has 1 aromatic rings. The maximum absolute atomic E-state index is 13.2. The van der Waals surface area contributed by atoms with Crippen LogP contribution < -0.4 is 5.32 Å². The van der Waals surface area contributed by atoms with E-state index in [4.69, 9.17) is 14.2 Å². The van der Waals surface area contributed by atoms with Crippen molar-refractivity contribution in [2.24, 2.45) is 0 Å². The van der Waals surface area contributed by atoms with Crippen LogP contribution in [0.5, 0.6) is 0 Å². The summed E-state index contributed by atoms with van der Waals surface area (Å²) in [6, 6.07) is 3.28. The second-order valence-electron chi connectivity index (χ2n) is 3.77. The minimum atomic E-state index is -0.482. The third kappa shape index (κ3) is 7.05. The Bertz CT molecular complexity index is 364. The molecule has 0 amide bonds. The van der Waals surface area contributed by atoms with E-state index >= 15 is 0 Å². The Kier molecular flexibility index (Phi) is 8.04. The number of hydrogen-bond donors (Lipinski definition) is 1. The Morgan fingerprint density at radius 2 is 1.68 bits per heavy atom. The van der Waals surface area contributed by atoms with Crippen LogP contribution in [0.3, 0.4) is 0 Å². The minimum Gasteiger partial charge on any atom is -0.382 e. The van der Waals surface area contributed by atoms with Gasteiger partial charge in [0.2, 0.25) is 0 Å². The van der Waals surface area contributed by atoms with E-state index in [0.29, 0.717) is 39.6 Å². The largest absolute Gasteiger partial charge is 0.382 e. The monoisotopic (exact) mass is 275 g/mol. The van der Waals surface area contributed by atoms with Gasteiger partial charge in [0.05, 0.1) is 38.7 Å². The highest BCUT2D eigenvalue weighted by molar-refractivity contribution is 5.44. The molecule has 0 spiro atoms. The zero-order valence-electron chi connectivity index (χ0n) is 11.0. The van der Waals surface area contributed by atoms with Crippen LogP contribution in [-0.2, 0) is 14.2 Å². The molecule has 0 fully saturated rings. The van der Waals surface area contributed by atoms with Crippen molar-refractivity contribution in [1.29, 1.82) is 0 Å². The highest BCUT2D eigenvalue weighted by Crippen LogP contribution is 2.14. The Morgan fingerprint density at radius 3 is 2.42 bits per heavy atom. The SMILES string of the molecule is COCCOCCOCCNc1cc(F)ccc1F. The van der Waals surface area contributed by atoms with Gasteiger partial charge in [-0.25, -0.2) is 8.78 Å². The summed E-state index contributed by atoms with van der Waals surface area (Å²) in [6.07, 6.45) is 0. The van der Waals surface area contributed by atoms with E-state index in [1.54, 1.807) is 7.11 Å². The van der Waals surface area contributed by atoms with Gasteiger partial charge in [0.15, 0.2) is 0 Å². The van der Waals surface area contributed by atoms with Crippen molar-refractivity contribution < 1.29 is 23.0 Å². The number of anilines is 1. The molecule has 0 saturated heterocycles. The van der Waals surface area contributed by atoms with Crippen molar-refractivity contribution in [3.8, 4) is 0 Å². The van der Waals surface area contributed by atoms with Crippen LogP contribution in [0.2, 0.25) is 0 Å². The fourth-order valence-corrected chi connectivity index (χ4v) is 1.36. The Hall–Kier alpha value is -1.24. The summed E-state index contributed by atoms with van der Waals surface area (Å²) in [5.41, 5.74) is 0.139. The number of hydrogen-bond acceptors (Lipinski definition) is 4. The number of nitrogens with one attached hydrogen (secondary N) is 1. The van der Waals surface area contributed by atoms with Gasteiger partial charge in [-0.05, 0) is 18.2 Å². The lowest BCUT2D eigenvalue weighted by Crippen LogP contribution is -2.14. The molecule has 19 heavy (non-hydrogen) atoms. The topological polar surface area (TPSA) is 39.7 Å². The zero-order valence-corrected chi connectivity index (χ0v) is 11.0. The molecular formula is C13H19F2NO3. The molecule has 1 N–H and O–H groups in total. The summed E-state index contributed by atoms with van der Waals surface area (Å²) < 4.78 is 41.3. The second kappa shape index (κ2) is 9.66. The normalized spacial score (nSPS) is 10.7. The number of halogens is 2. The standard InChI is InChI=1S/C13H19F2NO3/c1-17-6-7-19-9-8-18-5-4-16-13-10-11(14)2-3-12(13)15/h2-3,10,16H,4-9H2,1H3. The first-order valence-corrected chi connectivity index (χ1v) is 6.07. The molecule has 0 aliphatic carbocycles. The molecule has 0 atom stereocenters. The summed E-state index contributed by atoms with van der Waals surface area (Å²) >= 11 is 0. The lowest BCUT2D eigenvalue weighted by Gasteiger charge is -2.08. The maximum Gasteiger partial charge on any atom is 0.146 e. The van der Waals surface area contributed by atoms with Crippen LogP contribution in [0, 0.1) is 11.6 Å². The van der Waals surface area contributed by atoms with Crippen LogP contribution in [0.1, 0.15) is 0 Å². The van der Waals surface area contributed by atoms with E-state index in [9.17, 15) is 8.78 Å². The van der Waals surface area contributed by atoms with E-state index in [1.807, 2.05) is 0 Å². The second-order valence-corrected chi connectivity index (χ2v) is 3.77. The van der Waals surface area contributed by atoms with Gasteiger partial charge in [0.1, 0.15) is 11.6 Å². The fraction of sp³-hybridized carbons (Fsp3) is 0.538. The molecule has 6 heteroatoms. The number of ether oxygens (including phenoxy) is 3. The van der Waals surface area contributed by atoms with Crippen molar-refractivity contribution in [1.82, 2.24) is 0 Å². The summed E-state index contributed by atoms with van der Waals surface area (Å²) in [7, 11) is 1.61. The van der Waals surface area contributed by atoms with Gasteiger partial charge in [-0.2, -0.15) is 0 Å².